The number of anilines is 9. The molecule has 76 heavy (non-hydrogen) atoms. The van der Waals surface area contributed by atoms with E-state index in [2.05, 4.69) is 287 Å². The first-order valence-corrected chi connectivity index (χ1v) is 28.2. The molecule has 9 aromatic rings. The number of thiophene rings is 1. The fourth-order valence-corrected chi connectivity index (χ4v) is 12.8. The highest BCUT2D eigenvalue weighted by Gasteiger charge is 2.38. The molecule has 0 bridgehead atoms. The van der Waals surface area contributed by atoms with Gasteiger partial charge in [0.2, 0.25) is 0 Å². The molecule has 1 aliphatic heterocycles. The van der Waals surface area contributed by atoms with Gasteiger partial charge in [-0.15, -0.1) is 11.3 Å². The average molecular weight is 1020 g/mol. The van der Waals surface area contributed by atoms with Gasteiger partial charge < -0.3 is 19.4 Å². The smallest absolute Gasteiger partial charge is 0.151 e. The van der Waals surface area contributed by atoms with Gasteiger partial charge in [0.25, 0.3) is 0 Å². The molecule has 0 unspecified atom stereocenters. The Morgan fingerprint density at radius 3 is 1.64 bits per heavy atom. The van der Waals surface area contributed by atoms with Crippen molar-refractivity contribution in [1.82, 2.24) is 0 Å². The number of para-hydroxylation sites is 4. The largest absolute Gasteiger partial charge is 0.453 e. The van der Waals surface area contributed by atoms with Gasteiger partial charge in [-0.2, -0.15) is 0 Å². The number of fused-ring (bicyclic) bond motifs is 4. The number of hydrogen-bond donors (Lipinski definition) is 0. The topological polar surface area (TPSA) is 19.0 Å². The quantitative estimate of drug-likeness (QED) is 0.151. The number of ether oxygens (including phenoxy) is 1. The maximum Gasteiger partial charge on any atom is 0.151 e. The molecule has 2 aliphatic rings. The van der Waals surface area contributed by atoms with Crippen LogP contribution in [0.15, 0.2) is 175 Å². The zero-order valence-corrected chi connectivity index (χ0v) is 48.1. The van der Waals surface area contributed by atoms with E-state index in [-0.39, 0.29) is 27.1 Å². The lowest BCUT2D eigenvalue weighted by Gasteiger charge is -2.42. The van der Waals surface area contributed by atoms with Crippen LogP contribution in [-0.4, -0.2) is 0 Å². The first-order chi connectivity index (χ1) is 36.0. The molecular weight excluding hydrogens is 943 g/mol. The predicted octanol–water partition coefficient (Wildman–Crippen LogP) is 21.6. The van der Waals surface area contributed by atoms with Gasteiger partial charge in [0.15, 0.2) is 11.5 Å². The van der Waals surface area contributed by atoms with E-state index < -0.39 is 0 Å². The highest BCUT2D eigenvalue weighted by Crippen LogP contribution is 2.55. The molecule has 8 aromatic carbocycles. The number of nitrogens with zero attached hydrogens (tertiary/aromatic N) is 3. The van der Waals surface area contributed by atoms with Crippen molar-refractivity contribution in [3.05, 3.63) is 209 Å². The van der Waals surface area contributed by atoms with Gasteiger partial charge in [-0.25, -0.2) is 0 Å². The van der Waals surface area contributed by atoms with Crippen LogP contribution in [-0.2, 0) is 27.1 Å². The molecule has 0 amide bonds. The molecule has 0 saturated heterocycles. The Kier molecular flexibility index (Phi) is 12.5. The Hall–Kier alpha value is -7.08. The van der Waals surface area contributed by atoms with Gasteiger partial charge in [-0.05, 0) is 177 Å². The van der Waals surface area contributed by atoms with E-state index >= 15 is 0 Å². The standard InChI is InChI=1S/C71H75N3OS/c1-46-38-66-56(44-58(46)69(8,9)10)63(45-76-66)72(50-31-28-48(29-32-50)67(2,3)4)52-40-53(42-54(41-52)74-61-24-18-20-26-64(61)75-65-27-21-19-25-62(65)74)73(51-33-34-57-59(43-51)71(13,14)37-36-70(57,11)12)60-35-30-49(68(5,6)7)39-55(60)47-22-16-15-17-23-47/h15-35,38-45H,36-37H2,1-14H3. The molecule has 0 saturated carbocycles. The summed E-state index contributed by atoms with van der Waals surface area (Å²) >= 11 is 1.83. The van der Waals surface area contributed by atoms with Crippen LogP contribution in [0.2, 0.25) is 0 Å². The lowest BCUT2D eigenvalue weighted by atomic mass is 9.63. The molecular formula is C71H75N3OS. The van der Waals surface area contributed by atoms with Crippen LogP contribution in [0.5, 0.6) is 11.5 Å². The zero-order chi connectivity index (χ0) is 53.7. The van der Waals surface area contributed by atoms with Crippen molar-refractivity contribution in [2.75, 3.05) is 14.7 Å². The van der Waals surface area contributed by atoms with Crippen molar-refractivity contribution in [3.8, 4) is 22.6 Å². The molecule has 0 radical (unpaired) electrons. The second kappa shape index (κ2) is 18.6. The molecule has 2 heterocycles. The maximum atomic E-state index is 6.72. The van der Waals surface area contributed by atoms with Crippen LogP contribution in [0.1, 0.15) is 136 Å². The second-order valence-electron chi connectivity index (χ2n) is 25.9. The Morgan fingerprint density at radius 2 is 1.04 bits per heavy atom. The summed E-state index contributed by atoms with van der Waals surface area (Å²) in [6.45, 7) is 32.8. The number of rotatable bonds is 8. The van der Waals surface area contributed by atoms with Gasteiger partial charge in [0.1, 0.15) is 0 Å². The molecule has 1 aromatic heterocycles. The first kappa shape index (κ1) is 51.0. The molecule has 0 fully saturated rings. The highest BCUT2D eigenvalue weighted by atomic mass is 32.1. The molecule has 386 valence electrons. The fraction of sp³-hybridized carbons (Fsp3) is 0.296. The van der Waals surface area contributed by atoms with E-state index in [1.54, 1.807) is 0 Å². The van der Waals surface area contributed by atoms with Crippen molar-refractivity contribution in [1.29, 1.82) is 0 Å². The highest BCUT2D eigenvalue weighted by molar-refractivity contribution is 7.17. The summed E-state index contributed by atoms with van der Waals surface area (Å²) in [5, 5.41) is 3.62. The van der Waals surface area contributed by atoms with Crippen LogP contribution in [0.4, 0.5) is 51.2 Å². The summed E-state index contributed by atoms with van der Waals surface area (Å²) in [7, 11) is 0. The lowest BCUT2D eigenvalue weighted by Crippen LogP contribution is -2.34. The van der Waals surface area contributed by atoms with Crippen molar-refractivity contribution in [2.24, 2.45) is 0 Å². The van der Waals surface area contributed by atoms with E-state index in [1.807, 2.05) is 11.3 Å². The van der Waals surface area contributed by atoms with Crippen molar-refractivity contribution < 1.29 is 4.74 Å². The minimum Gasteiger partial charge on any atom is -0.453 e. The van der Waals surface area contributed by atoms with Crippen LogP contribution in [0.25, 0.3) is 21.2 Å². The van der Waals surface area contributed by atoms with Gasteiger partial charge >= 0.3 is 0 Å². The second-order valence-corrected chi connectivity index (χ2v) is 26.8. The van der Waals surface area contributed by atoms with E-state index in [1.165, 1.54) is 54.6 Å². The molecule has 11 rings (SSSR count). The summed E-state index contributed by atoms with van der Waals surface area (Å²) in [4.78, 5) is 7.49. The van der Waals surface area contributed by atoms with Crippen LogP contribution < -0.4 is 19.4 Å². The van der Waals surface area contributed by atoms with Crippen LogP contribution in [0.3, 0.4) is 0 Å². The summed E-state index contributed by atoms with van der Waals surface area (Å²) in [5.74, 6) is 1.63. The SMILES string of the molecule is Cc1cc2scc(N(c3ccc(C(C)(C)C)cc3)c3cc(N(c4ccc5c(c4)C(C)(C)CCC5(C)C)c4ccc(C(C)(C)C)cc4-c4ccccc4)cc(N4c5ccccc5Oc5ccccc54)c3)c2cc1C(C)(C)C. The van der Waals surface area contributed by atoms with E-state index in [0.717, 1.165) is 75.5 Å². The molecule has 0 atom stereocenters. The Bertz CT molecular complexity index is 3610. The van der Waals surface area contributed by atoms with E-state index in [9.17, 15) is 0 Å². The predicted molar refractivity (Wildman–Crippen MR) is 328 cm³/mol. The number of benzene rings is 8. The van der Waals surface area contributed by atoms with Crippen LogP contribution >= 0.6 is 11.3 Å². The van der Waals surface area contributed by atoms with E-state index in [4.69, 9.17) is 4.74 Å². The Labute approximate surface area is 457 Å². The molecule has 4 nitrogen and oxygen atoms in total. The Balaban J connectivity index is 1.27. The molecule has 0 spiro atoms. The van der Waals surface area contributed by atoms with Gasteiger partial charge in [0, 0.05) is 32.4 Å². The summed E-state index contributed by atoms with van der Waals surface area (Å²) in [6, 6.07) is 63.9. The molecule has 1 aliphatic carbocycles. The molecule has 0 N–H and O–H groups in total. The lowest BCUT2D eigenvalue weighted by molar-refractivity contribution is 0.332. The summed E-state index contributed by atoms with van der Waals surface area (Å²) < 4.78 is 7.99. The van der Waals surface area contributed by atoms with Gasteiger partial charge in [-0.1, -0.05) is 169 Å². The third-order valence-electron chi connectivity index (χ3n) is 16.3. The summed E-state index contributed by atoms with van der Waals surface area (Å²) in [6.07, 6.45) is 2.27. The first-order valence-electron chi connectivity index (χ1n) is 27.4. The molecule has 5 heteroatoms. The summed E-state index contributed by atoms with van der Waals surface area (Å²) in [5.41, 5.74) is 20.0. The minimum absolute atomic E-state index is 0.0140. The van der Waals surface area contributed by atoms with Crippen molar-refractivity contribution in [3.63, 3.8) is 0 Å². The van der Waals surface area contributed by atoms with E-state index in [0.29, 0.717) is 0 Å². The number of hydrogen-bond acceptors (Lipinski definition) is 5. The Morgan fingerprint density at radius 1 is 0.487 bits per heavy atom. The van der Waals surface area contributed by atoms with Crippen molar-refractivity contribution >= 4 is 72.6 Å². The van der Waals surface area contributed by atoms with Crippen LogP contribution in [0, 0.1) is 6.92 Å². The average Bonchev–Trinajstić information content (AvgIpc) is 3.81. The maximum absolute atomic E-state index is 6.72. The third kappa shape index (κ3) is 9.29. The third-order valence-corrected chi connectivity index (χ3v) is 17.3. The fourth-order valence-electron chi connectivity index (χ4n) is 11.8. The van der Waals surface area contributed by atoms with Gasteiger partial charge in [-0.3, -0.25) is 0 Å². The van der Waals surface area contributed by atoms with Crippen molar-refractivity contribution in [2.45, 2.75) is 137 Å². The monoisotopic (exact) mass is 1020 g/mol. The zero-order valence-electron chi connectivity index (χ0n) is 47.3. The number of aryl methyl sites for hydroxylation is 1. The minimum atomic E-state index is -0.0732. The normalized spacial score (nSPS) is 14.9. The van der Waals surface area contributed by atoms with Gasteiger partial charge in [0.05, 0.1) is 39.8 Å².